The van der Waals surface area contributed by atoms with Crippen LogP contribution in [0.3, 0.4) is 0 Å². The van der Waals surface area contributed by atoms with Crippen LogP contribution in [0.4, 0.5) is 11.5 Å². The van der Waals surface area contributed by atoms with Crippen LogP contribution >= 0.6 is 0 Å². The molecule has 0 aliphatic carbocycles. The molecule has 1 atom stereocenters. The molecule has 0 spiro atoms. The number of carbonyl (C=O) groups excluding carboxylic acids is 1. The van der Waals surface area contributed by atoms with Crippen LogP contribution in [-0.2, 0) is 0 Å². The smallest absolute Gasteiger partial charge is 0.275 e. The Labute approximate surface area is 191 Å². The molecule has 2 aliphatic heterocycles. The van der Waals surface area contributed by atoms with E-state index in [-0.39, 0.29) is 17.3 Å². The standard InChI is InChI=1S/C23H27N7O3/c31-23(22-19-14-18(30(32)33)6-7-20(19)25-26-22)29-9-3-4-17(16-29)15-27-10-12-28(13-11-27)21-5-1-2-8-24-21/h1-2,5-8,14,17H,3-4,9-13,15-16H2,(H,25,26). The van der Waals surface area contributed by atoms with Gasteiger partial charge < -0.3 is 9.80 Å². The van der Waals surface area contributed by atoms with E-state index in [9.17, 15) is 14.9 Å². The summed E-state index contributed by atoms with van der Waals surface area (Å²) in [5.74, 6) is 1.27. The largest absolute Gasteiger partial charge is 0.354 e. The highest BCUT2D eigenvalue weighted by Crippen LogP contribution is 2.25. The zero-order valence-corrected chi connectivity index (χ0v) is 18.4. The van der Waals surface area contributed by atoms with E-state index in [4.69, 9.17) is 0 Å². The van der Waals surface area contributed by atoms with Gasteiger partial charge in [0, 0.05) is 69.5 Å². The van der Waals surface area contributed by atoms with Crippen LogP contribution in [0.1, 0.15) is 23.3 Å². The highest BCUT2D eigenvalue weighted by molar-refractivity contribution is 6.05. The predicted octanol–water partition coefficient (Wildman–Crippen LogP) is 2.54. The molecule has 0 radical (unpaired) electrons. The third kappa shape index (κ3) is 4.51. The van der Waals surface area contributed by atoms with Gasteiger partial charge in [-0.15, -0.1) is 0 Å². The quantitative estimate of drug-likeness (QED) is 0.471. The van der Waals surface area contributed by atoms with Crippen molar-refractivity contribution in [1.29, 1.82) is 0 Å². The van der Waals surface area contributed by atoms with Gasteiger partial charge in [-0.05, 0) is 37.0 Å². The van der Waals surface area contributed by atoms with Gasteiger partial charge in [-0.3, -0.25) is 24.9 Å². The first-order valence-electron chi connectivity index (χ1n) is 11.4. The molecule has 33 heavy (non-hydrogen) atoms. The number of rotatable bonds is 5. The number of pyridine rings is 1. The number of carbonyl (C=O) groups is 1. The van der Waals surface area contributed by atoms with Crippen molar-refractivity contribution < 1.29 is 9.72 Å². The molecule has 172 valence electrons. The van der Waals surface area contributed by atoms with Gasteiger partial charge in [0.1, 0.15) is 5.82 Å². The normalized spacial score (nSPS) is 19.7. The fourth-order valence-corrected chi connectivity index (χ4v) is 4.89. The number of nitrogens with zero attached hydrogens (tertiary/aromatic N) is 6. The number of nitro groups is 1. The Morgan fingerprint density at radius 1 is 1.15 bits per heavy atom. The van der Waals surface area contributed by atoms with E-state index >= 15 is 0 Å². The first kappa shape index (κ1) is 21.3. The van der Waals surface area contributed by atoms with Gasteiger partial charge >= 0.3 is 0 Å². The molecule has 2 aromatic heterocycles. The Morgan fingerprint density at radius 2 is 2.00 bits per heavy atom. The van der Waals surface area contributed by atoms with Crippen molar-refractivity contribution >= 4 is 28.3 Å². The number of hydrogen-bond donors (Lipinski definition) is 1. The molecular weight excluding hydrogens is 422 g/mol. The lowest BCUT2D eigenvalue weighted by Crippen LogP contribution is -2.50. The van der Waals surface area contributed by atoms with Crippen molar-refractivity contribution in [2.45, 2.75) is 12.8 Å². The summed E-state index contributed by atoms with van der Waals surface area (Å²) >= 11 is 0. The number of piperidine rings is 1. The zero-order valence-electron chi connectivity index (χ0n) is 18.4. The average molecular weight is 450 g/mol. The Bertz CT molecular complexity index is 1140. The number of piperazine rings is 1. The van der Waals surface area contributed by atoms with Gasteiger partial charge in [-0.1, -0.05) is 6.07 Å². The van der Waals surface area contributed by atoms with Crippen molar-refractivity contribution in [2.24, 2.45) is 5.92 Å². The van der Waals surface area contributed by atoms with Crippen LogP contribution < -0.4 is 4.90 Å². The predicted molar refractivity (Wildman–Crippen MR) is 124 cm³/mol. The maximum absolute atomic E-state index is 13.2. The van der Waals surface area contributed by atoms with Gasteiger partial charge in [0.15, 0.2) is 5.69 Å². The number of hydrogen-bond acceptors (Lipinski definition) is 7. The lowest BCUT2D eigenvalue weighted by atomic mass is 9.96. The third-order valence-electron chi connectivity index (χ3n) is 6.63. The van der Waals surface area contributed by atoms with Crippen LogP contribution in [-0.4, -0.2) is 81.6 Å². The Kier molecular flexibility index (Phi) is 5.91. The highest BCUT2D eigenvalue weighted by atomic mass is 16.6. The fourth-order valence-electron chi connectivity index (χ4n) is 4.89. The molecule has 0 bridgehead atoms. The van der Waals surface area contributed by atoms with Crippen molar-refractivity contribution in [3.8, 4) is 0 Å². The van der Waals surface area contributed by atoms with E-state index in [2.05, 4.69) is 25.0 Å². The summed E-state index contributed by atoms with van der Waals surface area (Å²) in [5, 5.41) is 18.7. The lowest BCUT2D eigenvalue weighted by Gasteiger charge is -2.39. The summed E-state index contributed by atoms with van der Waals surface area (Å²) < 4.78 is 0. The van der Waals surface area contributed by atoms with Crippen LogP contribution in [0.2, 0.25) is 0 Å². The van der Waals surface area contributed by atoms with Crippen LogP contribution in [0, 0.1) is 16.0 Å². The number of fused-ring (bicyclic) bond motifs is 1. The molecule has 2 aliphatic rings. The monoisotopic (exact) mass is 449 g/mol. The van der Waals surface area contributed by atoms with Gasteiger partial charge in [0.2, 0.25) is 0 Å². The minimum absolute atomic E-state index is 0.0423. The van der Waals surface area contributed by atoms with E-state index in [0.717, 1.165) is 51.4 Å². The summed E-state index contributed by atoms with van der Waals surface area (Å²) in [6.45, 7) is 6.19. The first-order valence-corrected chi connectivity index (χ1v) is 11.4. The van der Waals surface area contributed by atoms with E-state index in [1.54, 1.807) is 6.07 Å². The lowest BCUT2D eigenvalue weighted by molar-refractivity contribution is -0.384. The SMILES string of the molecule is O=C(c1n[nH]c2ccc([N+](=O)[O-])cc12)N1CCCC(CN2CCN(c3ccccn3)CC2)C1. The topological polar surface area (TPSA) is 111 Å². The van der Waals surface area contributed by atoms with Crippen LogP contribution in [0.5, 0.6) is 0 Å². The summed E-state index contributed by atoms with van der Waals surface area (Å²) in [5.41, 5.74) is 0.848. The molecule has 1 N–H and O–H groups in total. The second-order valence-corrected chi connectivity index (χ2v) is 8.79. The molecule has 1 aromatic carbocycles. The van der Waals surface area contributed by atoms with E-state index < -0.39 is 4.92 Å². The summed E-state index contributed by atoms with van der Waals surface area (Å²) in [7, 11) is 0. The van der Waals surface area contributed by atoms with Crippen LogP contribution in [0.25, 0.3) is 10.9 Å². The number of non-ortho nitro benzene ring substituents is 1. The number of amides is 1. The van der Waals surface area contributed by atoms with Crippen molar-refractivity contribution in [3.63, 3.8) is 0 Å². The summed E-state index contributed by atoms with van der Waals surface area (Å²) in [4.78, 5) is 35.0. The molecule has 10 heteroatoms. The maximum atomic E-state index is 13.2. The molecule has 3 aromatic rings. The van der Waals surface area contributed by atoms with Crippen molar-refractivity contribution in [1.82, 2.24) is 25.0 Å². The number of likely N-dealkylation sites (tertiary alicyclic amines) is 1. The number of H-pyrrole nitrogens is 1. The number of aromatic nitrogens is 3. The zero-order chi connectivity index (χ0) is 22.8. The van der Waals surface area contributed by atoms with E-state index in [1.165, 1.54) is 12.1 Å². The minimum Gasteiger partial charge on any atom is -0.354 e. The average Bonchev–Trinajstić information content (AvgIpc) is 3.28. The Morgan fingerprint density at radius 3 is 2.76 bits per heavy atom. The molecule has 1 unspecified atom stereocenters. The number of nitrogens with one attached hydrogen (secondary N) is 1. The van der Waals surface area contributed by atoms with Crippen molar-refractivity contribution in [2.75, 3.05) is 50.7 Å². The summed E-state index contributed by atoms with van der Waals surface area (Å²) in [6, 6.07) is 10.4. The number of aromatic amines is 1. The molecule has 5 rings (SSSR count). The number of benzene rings is 1. The van der Waals surface area contributed by atoms with Crippen LogP contribution in [0.15, 0.2) is 42.6 Å². The number of anilines is 1. The Hall–Kier alpha value is -3.53. The first-order chi connectivity index (χ1) is 16.1. The van der Waals surface area contributed by atoms with Crippen molar-refractivity contribution in [3.05, 3.63) is 58.4 Å². The van der Waals surface area contributed by atoms with Gasteiger partial charge in [-0.25, -0.2) is 4.98 Å². The van der Waals surface area contributed by atoms with Gasteiger partial charge in [-0.2, -0.15) is 5.10 Å². The van der Waals surface area contributed by atoms with Gasteiger partial charge in [0.05, 0.1) is 10.4 Å². The molecule has 1 amide bonds. The van der Waals surface area contributed by atoms with E-state index in [1.807, 2.05) is 29.3 Å². The summed E-state index contributed by atoms with van der Waals surface area (Å²) in [6.07, 6.45) is 3.87. The second kappa shape index (κ2) is 9.14. The van der Waals surface area contributed by atoms with Gasteiger partial charge in [0.25, 0.3) is 11.6 Å². The second-order valence-electron chi connectivity index (χ2n) is 8.79. The van der Waals surface area contributed by atoms with E-state index in [0.29, 0.717) is 29.9 Å². The third-order valence-corrected chi connectivity index (χ3v) is 6.63. The molecular formula is C23H27N7O3. The molecule has 10 nitrogen and oxygen atoms in total. The minimum atomic E-state index is -0.453. The molecule has 2 fully saturated rings. The molecule has 2 saturated heterocycles. The Balaban J connectivity index is 1.21. The maximum Gasteiger partial charge on any atom is 0.275 e. The molecule has 0 saturated carbocycles. The fraction of sp³-hybridized carbons (Fsp3) is 0.435. The molecule has 4 heterocycles. The highest BCUT2D eigenvalue weighted by Gasteiger charge is 2.29. The number of nitro benzene ring substituents is 1.